The van der Waals surface area contributed by atoms with Gasteiger partial charge in [0.05, 0.1) is 0 Å². The topological polar surface area (TPSA) is 22.1 Å². The highest BCUT2D eigenvalue weighted by molar-refractivity contribution is 8.00. The van der Waals surface area contributed by atoms with Crippen molar-refractivity contribution < 1.29 is 17.9 Å². The Balaban J connectivity index is 2.04. The number of thioether (sulfide) groups is 1. The lowest BCUT2D eigenvalue weighted by Gasteiger charge is -2.37. The molecule has 1 unspecified atom stereocenters. The smallest absolute Gasteiger partial charge is 0.446 e. The molecule has 1 aliphatic rings. The molecular formula is C17H16F3NOS. The van der Waals surface area contributed by atoms with Gasteiger partial charge in [0.2, 0.25) is 0 Å². The number of alkyl halides is 3. The van der Waals surface area contributed by atoms with Crippen molar-refractivity contribution in [2.75, 3.05) is 0 Å². The molecule has 6 heteroatoms. The van der Waals surface area contributed by atoms with Crippen LogP contribution in [0.2, 0.25) is 0 Å². The first-order valence-electron chi connectivity index (χ1n) is 7.23. The number of benzene rings is 1. The van der Waals surface area contributed by atoms with Crippen molar-refractivity contribution in [3.8, 4) is 5.75 Å². The van der Waals surface area contributed by atoms with Crippen molar-refractivity contribution in [2.45, 2.75) is 42.2 Å². The van der Waals surface area contributed by atoms with E-state index < -0.39 is 11.1 Å². The maximum absolute atomic E-state index is 12.6. The first-order chi connectivity index (χ1) is 10.7. The lowest BCUT2D eigenvalue weighted by molar-refractivity contribution is -0.0328. The Morgan fingerprint density at radius 1 is 1.22 bits per heavy atom. The molecule has 0 bridgehead atoms. The second-order valence-corrected chi connectivity index (χ2v) is 7.26. The fourth-order valence-electron chi connectivity index (χ4n) is 2.88. The molecule has 23 heavy (non-hydrogen) atoms. The molecule has 0 saturated carbocycles. The molecule has 1 atom stereocenters. The van der Waals surface area contributed by atoms with Gasteiger partial charge >= 0.3 is 5.51 Å². The summed E-state index contributed by atoms with van der Waals surface area (Å²) < 4.78 is 43.8. The van der Waals surface area contributed by atoms with Gasteiger partial charge in [-0.05, 0) is 62.4 Å². The van der Waals surface area contributed by atoms with Gasteiger partial charge < -0.3 is 4.74 Å². The number of pyridine rings is 1. The predicted octanol–water partition coefficient (Wildman–Crippen LogP) is 5.39. The summed E-state index contributed by atoms with van der Waals surface area (Å²) in [7, 11) is 0. The zero-order valence-electron chi connectivity index (χ0n) is 12.7. The van der Waals surface area contributed by atoms with E-state index in [0.717, 1.165) is 11.3 Å². The van der Waals surface area contributed by atoms with E-state index in [1.807, 2.05) is 32.0 Å². The molecule has 0 radical (unpaired) electrons. The normalized spacial score (nSPS) is 19.8. The van der Waals surface area contributed by atoms with Crippen LogP contribution in [0.15, 0.2) is 47.5 Å². The van der Waals surface area contributed by atoms with Crippen LogP contribution in [0, 0.1) is 0 Å². The highest BCUT2D eigenvalue weighted by Crippen LogP contribution is 2.46. The Labute approximate surface area is 137 Å². The first-order valence-corrected chi connectivity index (χ1v) is 8.05. The number of hydrogen-bond acceptors (Lipinski definition) is 3. The van der Waals surface area contributed by atoms with Crippen LogP contribution in [0.25, 0.3) is 0 Å². The van der Waals surface area contributed by atoms with Gasteiger partial charge in [-0.3, -0.25) is 4.98 Å². The zero-order valence-corrected chi connectivity index (χ0v) is 13.5. The SMILES string of the molecule is CC1(C)CC(c2ccccn2)c2cc(SC(F)(F)F)ccc2O1. The summed E-state index contributed by atoms with van der Waals surface area (Å²) in [5, 5.41) is 0. The summed E-state index contributed by atoms with van der Waals surface area (Å²) in [6.45, 7) is 3.95. The average Bonchev–Trinajstić information content (AvgIpc) is 2.45. The van der Waals surface area contributed by atoms with Crippen LogP contribution in [0.1, 0.15) is 37.4 Å². The standard InChI is InChI=1S/C17H16F3NOS/c1-16(2)10-13(14-5-3-4-8-21-14)12-9-11(23-17(18,19)20)6-7-15(12)22-16/h3-9,13H,10H2,1-2H3. The zero-order chi connectivity index (χ0) is 16.7. The monoisotopic (exact) mass is 339 g/mol. The number of rotatable bonds is 2. The van der Waals surface area contributed by atoms with Crippen LogP contribution in [-0.2, 0) is 0 Å². The minimum absolute atomic E-state index is 0.0799. The summed E-state index contributed by atoms with van der Waals surface area (Å²) in [6.07, 6.45) is 2.36. The quantitative estimate of drug-likeness (QED) is 0.685. The second kappa shape index (κ2) is 5.74. The molecule has 1 aliphatic heterocycles. The molecule has 1 aromatic heterocycles. The Bertz CT molecular complexity index is 701. The number of halogens is 3. The highest BCUT2D eigenvalue weighted by Gasteiger charge is 2.36. The van der Waals surface area contributed by atoms with Gasteiger partial charge in [-0.15, -0.1) is 0 Å². The van der Waals surface area contributed by atoms with E-state index in [0.29, 0.717) is 12.2 Å². The van der Waals surface area contributed by atoms with Crippen LogP contribution in [0.5, 0.6) is 5.75 Å². The lowest BCUT2D eigenvalue weighted by Crippen LogP contribution is -2.35. The Morgan fingerprint density at radius 2 is 2.00 bits per heavy atom. The Morgan fingerprint density at radius 3 is 2.65 bits per heavy atom. The summed E-state index contributed by atoms with van der Waals surface area (Å²) in [4.78, 5) is 4.55. The average molecular weight is 339 g/mol. The molecular weight excluding hydrogens is 323 g/mol. The number of aromatic nitrogens is 1. The number of hydrogen-bond donors (Lipinski definition) is 0. The molecule has 0 spiro atoms. The van der Waals surface area contributed by atoms with E-state index in [4.69, 9.17) is 4.74 Å². The largest absolute Gasteiger partial charge is 0.488 e. The van der Waals surface area contributed by atoms with E-state index in [1.165, 1.54) is 6.07 Å². The van der Waals surface area contributed by atoms with Crippen molar-refractivity contribution in [3.63, 3.8) is 0 Å². The minimum Gasteiger partial charge on any atom is -0.488 e. The van der Waals surface area contributed by atoms with Gasteiger partial charge in [-0.2, -0.15) is 13.2 Å². The van der Waals surface area contributed by atoms with Gasteiger partial charge in [0.15, 0.2) is 0 Å². The fourth-order valence-corrected chi connectivity index (χ4v) is 3.47. The van der Waals surface area contributed by atoms with Crippen molar-refractivity contribution >= 4 is 11.8 Å². The molecule has 0 fully saturated rings. The molecule has 0 amide bonds. The molecule has 2 aromatic rings. The maximum atomic E-state index is 12.6. The molecule has 0 saturated heterocycles. The third-order valence-corrected chi connectivity index (χ3v) is 4.44. The molecule has 0 N–H and O–H groups in total. The highest BCUT2D eigenvalue weighted by atomic mass is 32.2. The van der Waals surface area contributed by atoms with Crippen LogP contribution >= 0.6 is 11.8 Å². The molecule has 122 valence electrons. The van der Waals surface area contributed by atoms with Crippen LogP contribution in [0.3, 0.4) is 0 Å². The van der Waals surface area contributed by atoms with Crippen molar-refractivity contribution in [3.05, 3.63) is 53.9 Å². The van der Waals surface area contributed by atoms with Gasteiger partial charge in [0.1, 0.15) is 11.4 Å². The van der Waals surface area contributed by atoms with Crippen LogP contribution in [0.4, 0.5) is 13.2 Å². The lowest BCUT2D eigenvalue weighted by atomic mass is 9.82. The van der Waals surface area contributed by atoms with Crippen molar-refractivity contribution in [2.24, 2.45) is 0 Å². The van der Waals surface area contributed by atoms with Crippen molar-refractivity contribution in [1.29, 1.82) is 0 Å². The van der Waals surface area contributed by atoms with Gasteiger partial charge in [-0.25, -0.2) is 0 Å². The van der Waals surface area contributed by atoms with Gasteiger partial charge in [0, 0.05) is 28.3 Å². The molecule has 1 aromatic carbocycles. The Kier molecular flexibility index (Phi) is 4.04. The van der Waals surface area contributed by atoms with E-state index in [2.05, 4.69) is 4.98 Å². The molecule has 2 heterocycles. The first kappa shape index (κ1) is 16.2. The maximum Gasteiger partial charge on any atom is 0.446 e. The molecule has 0 aliphatic carbocycles. The summed E-state index contributed by atoms with van der Waals surface area (Å²) >= 11 is -0.105. The summed E-state index contributed by atoms with van der Waals surface area (Å²) in [5.41, 5.74) is -3.09. The summed E-state index contributed by atoms with van der Waals surface area (Å²) in [5.74, 6) is 0.548. The van der Waals surface area contributed by atoms with Crippen molar-refractivity contribution in [1.82, 2.24) is 4.98 Å². The van der Waals surface area contributed by atoms with E-state index in [1.54, 1.807) is 18.3 Å². The minimum atomic E-state index is -4.30. The number of ether oxygens (including phenoxy) is 1. The summed E-state index contributed by atoms with van der Waals surface area (Å²) in [6, 6.07) is 10.3. The number of fused-ring (bicyclic) bond motifs is 1. The third kappa shape index (κ3) is 3.80. The fraction of sp³-hybridized carbons (Fsp3) is 0.353. The third-order valence-electron chi connectivity index (χ3n) is 3.72. The van der Waals surface area contributed by atoms with Gasteiger partial charge in [0.25, 0.3) is 0 Å². The second-order valence-electron chi connectivity index (χ2n) is 6.12. The van der Waals surface area contributed by atoms with E-state index in [9.17, 15) is 13.2 Å². The van der Waals surface area contributed by atoms with Crippen LogP contribution < -0.4 is 4.74 Å². The number of nitrogens with zero attached hydrogens (tertiary/aromatic N) is 1. The van der Waals surface area contributed by atoms with E-state index >= 15 is 0 Å². The van der Waals surface area contributed by atoms with Gasteiger partial charge in [-0.1, -0.05) is 6.07 Å². The van der Waals surface area contributed by atoms with E-state index in [-0.39, 0.29) is 22.6 Å². The molecule has 2 nitrogen and oxygen atoms in total. The predicted molar refractivity (Wildman–Crippen MR) is 83.8 cm³/mol. The Hall–Kier alpha value is -1.69. The van der Waals surface area contributed by atoms with Crippen LogP contribution in [-0.4, -0.2) is 16.1 Å². The molecule has 3 rings (SSSR count).